The number of carbonyl (C=O) groups excluding carboxylic acids is 1. The fraction of sp³-hybridized carbons (Fsp3) is 0.500. The quantitative estimate of drug-likeness (QED) is 0.887. The standard InChI is InChI=1S/C12H13F3N6O/c13-12(14,15)11-18-17-8-3-4-9(19-21(8)11)20-5-1-2-7(6-20)10(16)22/h3-4,7H,1-2,5-6H2,(H2,16,22)/t7-/m1/s1. The summed E-state index contributed by atoms with van der Waals surface area (Å²) in [4.78, 5) is 13.0. The van der Waals surface area contributed by atoms with E-state index in [0.29, 0.717) is 29.8 Å². The van der Waals surface area contributed by atoms with E-state index in [1.165, 1.54) is 6.07 Å². The predicted molar refractivity (Wildman–Crippen MR) is 69.9 cm³/mol. The van der Waals surface area contributed by atoms with Gasteiger partial charge in [0, 0.05) is 13.1 Å². The summed E-state index contributed by atoms with van der Waals surface area (Å²) in [5.74, 6) is -1.57. The molecule has 2 aromatic rings. The molecule has 118 valence electrons. The monoisotopic (exact) mass is 314 g/mol. The molecule has 0 bridgehead atoms. The molecule has 1 saturated heterocycles. The van der Waals surface area contributed by atoms with Crippen LogP contribution in [-0.4, -0.2) is 38.8 Å². The van der Waals surface area contributed by atoms with Crippen LogP contribution in [-0.2, 0) is 11.0 Å². The number of piperidine rings is 1. The van der Waals surface area contributed by atoms with Crippen molar-refractivity contribution < 1.29 is 18.0 Å². The van der Waals surface area contributed by atoms with Gasteiger partial charge in [0.15, 0.2) is 5.65 Å². The minimum atomic E-state index is -4.64. The zero-order valence-corrected chi connectivity index (χ0v) is 11.4. The van der Waals surface area contributed by atoms with Crippen molar-refractivity contribution in [1.29, 1.82) is 0 Å². The van der Waals surface area contributed by atoms with E-state index in [9.17, 15) is 18.0 Å². The second-order valence-electron chi connectivity index (χ2n) is 5.17. The zero-order valence-electron chi connectivity index (χ0n) is 11.4. The first-order valence-electron chi connectivity index (χ1n) is 6.70. The summed E-state index contributed by atoms with van der Waals surface area (Å²) in [5, 5.41) is 10.5. The third-order valence-corrected chi connectivity index (χ3v) is 3.65. The van der Waals surface area contributed by atoms with E-state index in [4.69, 9.17) is 5.73 Å². The van der Waals surface area contributed by atoms with Crippen LogP contribution in [0.25, 0.3) is 5.65 Å². The van der Waals surface area contributed by atoms with Crippen molar-refractivity contribution in [2.24, 2.45) is 11.7 Å². The number of nitrogens with two attached hydrogens (primary N) is 1. The Hall–Kier alpha value is -2.39. The number of hydrogen-bond donors (Lipinski definition) is 1. The van der Waals surface area contributed by atoms with Gasteiger partial charge in [-0.1, -0.05) is 0 Å². The fourth-order valence-electron chi connectivity index (χ4n) is 2.54. The number of carbonyl (C=O) groups is 1. The van der Waals surface area contributed by atoms with Crippen LogP contribution < -0.4 is 10.6 Å². The van der Waals surface area contributed by atoms with Crippen LogP contribution in [0.15, 0.2) is 12.1 Å². The highest BCUT2D eigenvalue weighted by atomic mass is 19.4. The lowest BCUT2D eigenvalue weighted by atomic mass is 9.97. The van der Waals surface area contributed by atoms with Crippen molar-refractivity contribution >= 4 is 17.4 Å². The van der Waals surface area contributed by atoms with E-state index in [1.54, 1.807) is 11.0 Å². The van der Waals surface area contributed by atoms with E-state index in [0.717, 1.165) is 6.42 Å². The average Bonchev–Trinajstić information content (AvgIpc) is 2.90. The molecule has 3 rings (SSSR count). The second kappa shape index (κ2) is 5.11. The summed E-state index contributed by atoms with van der Waals surface area (Å²) in [6, 6.07) is 2.98. The van der Waals surface area contributed by atoms with Crippen LogP contribution in [0, 0.1) is 5.92 Å². The Balaban J connectivity index is 1.96. The molecule has 1 amide bonds. The molecule has 0 spiro atoms. The Bertz CT molecular complexity index is 712. The van der Waals surface area contributed by atoms with Crippen molar-refractivity contribution in [3.63, 3.8) is 0 Å². The maximum absolute atomic E-state index is 12.9. The minimum absolute atomic E-state index is 0.0135. The van der Waals surface area contributed by atoms with Gasteiger partial charge in [-0.3, -0.25) is 4.79 Å². The lowest BCUT2D eigenvalue weighted by Crippen LogP contribution is -2.41. The van der Waals surface area contributed by atoms with Crippen LogP contribution in [0.4, 0.5) is 19.0 Å². The van der Waals surface area contributed by atoms with Crippen LogP contribution in [0.5, 0.6) is 0 Å². The van der Waals surface area contributed by atoms with Crippen LogP contribution >= 0.6 is 0 Å². The first kappa shape index (κ1) is 14.5. The van der Waals surface area contributed by atoms with Gasteiger partial charge in [0.2, 0.25) is 5.91 Å². The normalized spacial score (nSPS) is 19.6. The SMILES string of the molecule is NC(=O)[C@@H]1CCCN(c2ccc3nnc(C(F)(F)F)n3n2)C1. The van der Waals surface area contributed by atoms with Gasteiger partial charge < -0.3 is 10.6 Å². The van der Waals surface area contributed by atoms with E-state index in [2.05, 4.69) is 15.3 Å². The van der Waals surface area contributed by atoms with E-state index in [-0.39, 0.29) is 11.6 Å². The third kappa shape index (κ3) is 2.55. The summed E-state index contributed by atoms with van der Waals surface area (Å²) in [6.45, 7) is 0.948. The molecule has 0 radical (unpaired) electrons. The molecule has 0 aliphatic carbocycles. The smallest absolute Gasteiger partial charge is 0.369 e. The molecular formula is C12H13F3N6O. The Morgan fingerprint density at radius 3 is 2.77 bits per heavy atom. The van der Waals surface area contributed by atoms with Crippen molar-refractivity contribution in [3.05, 3.63) is 18.0 Å². The van der Waals surface area contributed by atoms with Crippen molar-refractivity contribution in [3.8, 4) is 0 Å². The number of hydrogen-bond acceptors (Lipinski definition) is 5. The number of anilines is 1. The molecule has 2 aromatic heterocycles. The molecule has 1 aliphatic rings. The first-order chi connectivity index (χ1) is 10.4. The van der Waals surface area contributed by atoms with Gasteiger partial charge in [-0.05, 0) is 25.0 Å². The molecular weight excluding hydrogens is 301 g/mol. The molecule has 0 aromatic carbocycles. The Morgan fingerprint density at radius 1 is 1.32 bits per heavy atom. The number of rotatable bonds is 2. The molecule has 7 nitrogen and oxygen atoms in total. The molecule has 1 atom stereocenters. The van der Waals surface area contributed by atoms with Gasteiger partial charge >= 0.3 is 6.18 Å². The van der Waals surface area contributed by atoms with Gasteiger partial charge in [0.05, 0.1) is 5.92 Å². The van der Waals surface area contributed by atoms with E-state index in [1.807, 2.05) is 0 Å². The molecule has 3 heterocycles. The Morgan fingerprint density at radius 2 is 2.09 bits per heavy atom. The van der Waals surface area contributed by atoms with Crippen molar-refractivity contribution in [2.75, 3.05) is 18.0 Å². The van der Waals surface area contributed by atoms with E-state index < -0.39 is 17.9 Å². The van der Waals surface area contributed by atoms with Crippen LogP contribution in [0.3, 0.4) is 0 Å². The highest BCUT2D eigenvalue weighted by Gasteiger charge is 2.38. The molecule has 1 aliphatic heterocycles. The average molecular weight is 314 g/mol. The van der Waals surface area contributed by atoms with Gasteiger partial charge in [-0.2, -0.15) is 17.7 Å². The second-order valence-corrected chi connectivity index (χ2v) is 5.17. The molecule has 0 unspecified atom stereocenters. The van der Waals surface area contributed by atoms with Crippen molar-refractivity contribution in [2.45, 2.75) is 19.0 Å². The maximum Gasteiger partial charge on any atom is 0.453 e. The lowest BCUT2D eigenvalue weighted by molar-refractivity contribution is -0.146. The van der Waals surface area contributed by atoms with Crippen molar-refractivity contribution in [1.82, 2.24) is 19.8 Å². The summed E-state index contributed by atoms with van der Waals surface area (Å²) in [7, 11) is 0. The predicted octanol–water partition coefficient (Wildman–Crippen LogP) is 0.845. The Kier molecular flexibility index (Phi) is 3.38. The van der Waals surface area contributed by atoms with Gasteiger partial charge in [0.1, 0.15) is 5.82 Å². The summed E-state index contributed by atoms with van der Waals surface area (Å²) in [6.07, 6.45) is -3.24. The number of fused-ring (bicyclic) bond motifs is 1. The molecule has 2 N–H and O–H groups in total. The number of aromatic nitrogens is 4. The summed E-state index contributed by atoms with van der Waals surface area (Å²) in [5.41, 5.74) is 5.32. The largest absolute Gasteiger partial charge is 0.453 e. The van der Waals surface area contributed by atoms with Gasteiger partial charge in [-0.15, -0.1) is 15.3 Å². The van der Waals surface area contributed by atoms with Crippen LogP contribution in [0.1, 0.15) is 18.7 Å². The van der Waals surface area contributed by atoms with Gasteiger partial charge in [-0.25, -0.2) is 0 Å². The zero-order chi connectivity index (χ0) is 15.9. The highest BCUT2D eigenvalue weighted by Crippen LogP contribution is 2.28. The topological polar surface area (TPSA) is 89.4 Å². The fourth-order valence-corrected chi connectivity index (χ4v) is 2.54. The first-order valence-corrected chi connectivity index (χ1v) is 6.70. The highest BCUT2D eigenvalue weighted by molar-refractivity contribution is 5.77. The maximum atomic E-state index is 12.9. The van der Waals surface area contributed by atoms with E-state index >= 15 is 0 Å². The summed E-state index contributed by atoms with van der Waals surface area (Å²) < 4.78 is 39.2. The number of nitrogens with zero attached hydrogens (tertiary/aromatic N) is 5. The minimum Gasteiger partial charge on any atom is -0.369 e. The number of primary amides is 1. The van der Waals surface area contributed by atoms with Gasteiger partial charge in [0.25, 0.3) is 5.82 Å². The lowest BCUT2D eigenvalue weighted by Gasteiger charge is -2.31. The molecule has 10 heteroatoms. The Labute approximate surface area is 122 Å². The third-order valence-electron chi connectivity index (χ3n) is 3.65. The number of alkyl halides is 3. The van der Waals surface area contributed by atoms with Crippen LogP contribution in [0.2, 0.25) is 0 Å². The molecule has 1 fully saturated rings. The molecule has 22 heavy (non-hydrogen) atoms. The number of halogens is 3. The molecule has 0 saturated carbocycles. The number of amides is 1. The summed E-state index contributed by atoms with van der Waals surface area (Å²) >= 11 is 0.